The van der Waals surface area contributed by atoms with E-state index in [9.17, 15) is 9.59 Å². The monoisotopic (exact) mass is 293 g/mol. The van der Waals surface area contributed by atoms with Gasteiger partial charge in [0.15, 0.2) is 6.29 Å². The molecule has 1 aromatic carbocycles. The highest BCUT2D eigenvalue weighted by Gasteiger charge is 2.18. The Kier molecular flexibility index (Phi) is 3.85. The number of hydrogen-bond donors (Lipinski definition) is 1. The maximum atomic E-state index is 11.1. The number of hydrogen-bond acceptors (Lipinski definition) is 4. The molecule has 2 aromatic rings. The van der Waals surface area contributed by atoms with Gasteiger partial charge < -0.3 is 5.11 Å². The van der Waals surface area contributed by atoms with E-state index >= 15 is 0 Å². The first-order chi connectivity index (χ1) is 9.45. The van der Waals surface area contributed by atoms with E-state index in [0.717, 1.165) is 0 Å². The van der Waals surface area contributed by atoms with Gasteiger partial charge in [-0.3, -0.25) is 4.79 Å². The van der Waals surface area contributed by atoms with Gasteiger partial charge in [0, 0.05) is 0 Å². The second-order valence-electron chi connectivity index (χ2n) is 4.51. The van der Waals surface area contributed by atoms with Gasteiger partial charge in [0.2, 0.25) is 0 Å². The Morgan fingerprint density at radius 3 is 2.70 bits per heavy atom. The molecule has 0 aliphatic rings. The lowest BCUT2D eigenvalue weighted by Gasteiger charge is -2.10. The zero-order valence-corrected chi connectivity index (χ0v) is 11.6. The fourth-order valence-corrected chi connectivity index (χ4v) is 2.12. The highest BCUT2D eigenvalue weighted by molar-refractivity contribution is 6.33. The van der Waals surface area contributed by atoms with Gasteiger partial charge in [0.1, 0.15) is 5.69 Å². The van der Waals surface area contributed by atoms with Crippen LogP contribution in [0.5, 0.6) is 0 Å². The lowest BCUT2D eigenvalue weighted by molar-refractivity contribution is 0.0697. The quantitative estimate of drug-likeness (QED) is 0.876. The Morgan fingerprint density at radius 1 is 1.45 bits per heavy atom. The van der Waals surface area contributed by atoms with Crippen LogP contribution in [0, 0.1) is 0 Å². The van der Waals surface area contributed by atoms with Crippen LogP contribution in [0.25, 0.3) is 5.69 Å². The first-order valence-corrected chi connectivity index (χ1v) is 6.27. The molecule has 1 heterocycles. The number of aromatic carboxylic acids is 1. The Hall–Kier alpha value is -2.21. The van der Waals surface area contributed by atoms with Gasteiger partial charge in [-0.1, -0.05) is 30.7 Å². The van der Waals surface area contributed by atoms with Gasteiger partial charge >= 0.3 is 5.97 Å². The summed E-state index contributed by atoms with van der Waals surface area (Å²) in [5.41, 5.74) is 1.34. The maximum Gasteiger partial charge on any atom is 0.337 e. The third-order valence-electron chi connectivity index (χ3n) is 2.82. The van der Waals surface area contributed by atoms with E-state index in [1.165, 1.54) is 16.8 Å². The highest BCUT2D eigenvalue weighted by atomic mass is 35.5. The molecule has 0 atom stereocenters. The number of carboxylic acid groups (broad SMARTS) is 1. The average Bonchev–Trinajstić information content (AvgIpc) is 2.82. The van der Waals surface area contributed by atoms with Crippen LogP contribution in [-0.2, 0) is 0 Å². The second-order valence-corrected chi connectivity index (χ2v) is 4.92. The van der Waals surface area contributed by atoms with Crippen LogP contribution in [0.3, 0.4) is 0 Å². The number of carbonyl (C=O) groups excluding carboxylic acids is 1. The molecule has 0 unspecified atom stereocenters. The summed E-state index contributed by atoms with van der Waals surface area (Å²) in [5, 5.41) is 16.9. The summed E-state index contributed by atoms with van der Waals surface area (Å²) in [5.74, 6) is -1.12. The average molecular weight is 294 g/mol. The van der Waals surface area contributed by atoms with Gasteiger partial charge in [-0.05, 0) is 24.1 Å². The molecule has 0 aliphatic carbocycles. The Bertz CT molecular complexity index is 679. The standard InChI is InChI=1S/C13H12ClN3O3/c1-7(2)12-11(6-18)15-16-17(12)8-3-4-10(14)9(5-8)13(19)20/h3-7H,1-2H3,(H,19,20). The normalized spacial score (nSPS) is 10.8. The molecule has 0 bridgehead atoms. The Labute approximate surface area is 120 Å². The van der Waals surface area contributed by atoms with Crippen LogP contribution in [0.4, 0.5) is 0 Å². The van der Waals surface area contributed by atoms with Crippen LogP contribution in [-0.4, -0.2) is 32.4 Å². The zero-order valence-electron chi connectivity index (χ0n) is 10.9. The number of benzene rings is 1. The Balaban J connectivity index is 2.63. The van der Waals surface area contributed by atoms with Crippen LogP contribution < -0.4 is 0 Å². The van der Waals surface area contributed by atoms with E-state index in [2.05, 4.69) is 10.3 Å². The molecule has 0 fully saturated rings. The van der Waals surface area contributed by atoms with Crippen molar-refractivity contribution in [2.45, 2.75) is 19.8 Å². The third kappa shape index (κ3) is 2.42. The van der Waals surface area contributed by atoms with E-state index in [1.807, 2.05) is 13.8 Å². The summed E-state index contributed by atoms with van der Waals surface area (Å²) in [6, 6.07) is 4.51. The molecule has 0 saturated heterocycles. The fourth-order valence-electron chi connectivity index (χ4n) is 1.92. The molecule has 20 heavy (non-hydrogen) atoms. The first kappa shape index (κ1) is 14.2. The van der Waals surface area contributed by atoms with Crippen LogP contribution in [0.15, 0.2) is 18.2 Å². The van der Waals surface area contributed by atoms with Crippen LogP contribution in [0.2, 0.25) is 5.02 Å². The van der Waals surface area contributed by atoms with Crippen molar-refractivity contribution in [1.29, 1.82) is 0 Å². The van der Waals surface area contributed by atoms with Gasteiger partial charge in [-0.25, -0.2) is 9.48 Å². The fraction of sp³-hybridized carbons (Fsp3) is 0.231. The predicted molar refractivity (Wildman–Crippen MR) is 72.8 cm³/mol. The molecule has 0 spiro atoms. The van der Waals surface area contributed by atoms with Crippen LogP contribution in [0.1, 0.15) is 46.3 Å². The molecule has 7 heteroatoms. The molecular formula is C13H12ClN3O3. The SMILES string of the molecule is CC(C)c1c(C=O)nnn1-c1ccc(Cl)c(C(=O)O)c1. The summed E-state index contributed by atoms with van der Waals surface area (Å²) in [7, 11) is 0. The minimum atomic E-state index is -1.13. The van der Waals surface area contributed by atoms with Crippen molar-refractivity contribution < 1.29 is 14.7 Å². The van der Waals surface area contributed by atoms with E-state index < -0.39 is 5.97 Å². The molecule has 2 rings (SSSR count). The van der Waals surface area contributed by atoms with E-state index in [1.54, 1.807) is 6.07 Å². The molecule has 0 amide bonds. The molecule has 0 saturated carbocycles. The van der Waals surface area contributed by atoms with Crippen molar-refractivity contribution in [1.82, 2.24) is 15.0 Å². The third-order valence-corrected chi connectivity index (χ3v) is 3.15. The van der Waals surface area contributed by atoms with Crippen LogP contribution >= 0.6 is 11.6 Å². The van der Waals surface area contributed by atoms with Gasteiger partial charge in [0.25, 0.3) is 0 Å². The number of nitrogens with zero attached hydrogens (tertiary/aromatic N) is 3. The van der Waals surface area contributed by atoms with Crippen molar-refractivity contribution >= 4 is 23.9 Å². The summed E-state index contributed by atoms with van der Waals surface area (Å²) in [6.45, 7) is 3.80. The number of aldehydes is 1. The number of carbonyl (C=O) groups is 2. The van der Waals surface area contributed by atoms with Gasteiger partial charge in [0.05, 0.1) is 22.0 Å². The number of halogens is 1. The van der Waals surface area contributed by atoms with Crippen molar-refractivity contribution in [3.8, 4) is 5.69 Å². The zero-order chi connectivity index (χ0) is 14.9. The largest absolute Gasteiger partial charge is 0.478 e. The Morgan fingerprint density at radius 2 is 2.15 bits per heavy atom. The lowest BCUT2D eigenvalue weighted by Crippen LogP contribution is -2.07. The molecule has 1 N–H and O–H groups in total. The smallest absolute Gasteiger partial charge is 0.337 e. The minimum absolute atomic E-state index is 0.00848. The molecule has 6 nitrogen and oxygen atoms in total. The number of aromatic nitrogens is 3. The predicted octanol–water partition coefficient (Wildman–Crippen LogP) is 2.55. The second kappa shape index (κ2) is 5.42. The number of carboxylic acids is 1. The molecule has 0 radical (unpaired) electrons. The molecule has 104 valence electrons. The van der Waals surface area contributed by atoms with Crippen molar-refractivity contribution in [3.05, 3.63) is 40.2 Å². The van der Waals surface area contributed by atoms with E-state index in [4.69, 9.17) is 16.7 Å². The summed E-state index contributed by atoms with van der Waals surface area (Å²) in [4.78, 5) is 22.1. The van der Waals surface area contributed by atoms with E-state index in [-0.39, 0.29) is 22.2 Å². The van der Waals surface area contributed by atoms with Crippen molar-refractivity contribution in [3.63, 3.8) is 0 Å². The molecule has 0 aliphatic heterocycles. The minimum Gasteiger partial charge on any atom is -0.478 e. The lowest BCUT2D eigenvalue weighted by atomic mass is 10.1. The highest BCUT2D eigenvalue weighted by Crippen LogP contribution is 2.24. The van der Waals surface area contributed by atoms with Gasteiger partial charge in [-0.15, -0.1) is 5.10 Å². The summed E-state index contributed by atoms with van der Waals surface area (Å²) < 4.78 is 1.46. The number of rotatable bonds is 4. The summed E-state index contributed by atoms with van der Waals surface area (Å²) in [6.07, 6.45) is 0.632. The van der Waals surface area contributed by atoms with E-state index in [0.29, 0.717) is 17.7 Å². The van der Waals surface area contributed by atoms with Crippen molar-refractivity contribution in [2.24, 2.45) is 0 Å². The molecular weight excluding hydrogens is 282 g/mol. The maximum absolute atomic E-state index is 11.1. The van der Waals surface area contributed by atoms with Crippen molar-refractivity contribution in [2.75, 3.05) is 0 Å². The topological polar surface area (TPSA) is 85.1 Å². The first-order valence-electron chi connectivity index (χ1n) is 5.89. The molecule has 1 aromatic heterocycles. The summed E-state index contributed by atoms with van der Waals surface area (Å²) >= 11 is 5.83. The van der Waals surface area contributed by atoms with Gasteiger partial charge in [-0.2, -0.15) is 0 Å².